The van der Waals surface area contributed by atoms with Gasteiger partial charge < -0.3 is 10.3 Å². The molecule has 3 rings (SSSR count). The molecule has 6 nitrogen and oxygen atoms in total. The topological polar surface area (TPSA) is 82.3 Å². The highest BCUT2D eigenvalue weighted by Gasteiger charge is 2.27. The number of hydrogen-bond acceptors (Lipinski definition) is 4. The van der Waals surface area contributed by atoms with Crippen molar-refractivity contribution in [2.24, 2.45) is 0 Å². The van der Waals surface area contributed by atoms with E-state index in [4.69, 9.17) is 0 Å². The Bertz CT molecular complexity index is 833. The van der Waals surface area contributed by atoms with E-state index in [1.54, 1.807) is 11.3 Å². The van der Waals surface area contributed by atoms with Gasteiger partial charge in [-0.1, -0.05) is 6.42 Å². The highest BCUT2D eigenvalue weighted by atomic mass is 32.2. The van der Waals surface area contributed by atoms with Gasteiger partial charge in [-0.25, -0.2) is 8.42 Å². The van der Waals surface area contributed by atoms with Crippen LogP contribution < -0.4 is 5.32 Å². The Morgan fingerprint density at radius 3 is 2.76 bits per heavy atom. The number of amides is 1. The Hall–Kier alpha value is -1.64. The molecule has 0 atom stereocenters. The lowest BCUT2D eigenvalue weighted by atomic mass is 10.2. The maximum Gasteiger partial charge on any atom is 0.267 e. The summed E-state index contributed by atoms with van der Waals surface area (Å²) >= 11 is 1.68. The lowest BCUT2D eigenvalue weighted by Crippen LogP contribution is -2.35. The summed E-state index contributed by atoms with van der Waals surface area (Å²) in [5, 5.41) is 4.87. The van der Waals surface area contributed by atoms with Gasteiger partial charge >= 0.3 is 0 Å². The fraction of sp³-hybridized carbons (Fsp3) is 0.471. The van der Waals surface area contributed by atoms with Crippen LogP contribution in [0, 0.1) is 6.92 Å². The number of nitrogens with one attached hydrogen (secondary N) is 2. The molecule has 2 N–H and O–H groups in total. The zero-order chi connectivity index (χ0) is 17.9. The summed E-state index contributed by atoms with van der Waals surface area (Å²) in [5.41, 5.74) is 1.51. The molecule has 0 saturated carbocycles. The van der Waals surface area contributed by atoms with Gasteiger partial charge in [0.1, 0.15) is 10.6 Å². The van der Waals surface area contributed by atoms with Crippen molar-refractivity contribution in [1.29, 1.82) is 0 Å². The third-order valence-electron chi connectivity index (χ3n) is 4.46. The number of aromatic amines is 1. The van der Waals surface area contributed by atoms with Gasteiger partial charge in [0.25, 0.3) is 5.91 Å². The average molecular weight is 382 g/mol. The molecule has 1 aliphatic heterocycles. The van der Waals surface area contributed by atoms with Gasteiger partial charge in [0, 0.05) is 30.7 Å². The van der Waals surface area contributed by atoms with E-state index in [0.717, 1.165) is 25.7 Å². The summed E-state index contributed by atoms with van der Waals surface area (Å²) in [4.78, 5) is 16.4. The van der Waals surface area contributed by atoms with Crippen molar-refractivity contribution in [3.8, 4) is 0 Å². The van der Waals surface area contributed by atoms with Crippen molar-refractivity contribution in [2.45, 2.75) is 37.5 Å². The SMILES string of the molecule is Cc1ccsc1CCNC(=O)c1cc(S(=O)(=O)N2CCCCC2)c[nH]1. The molecule has 3 heterocycles. The van der Waals surface area contributed by atoms with Crippen molar-refractivity contribution in [1.82, 2.24) is 14.6 Å². The average Bonchev–Trinajstić information content (AvgIpc) is 3.26. The molecule has 1 aliphatic rings. The van der Waals surface area contributed by atoms with Crippen molar-refractivity contribution in [3.63, 3.8) is 0 Å². The van der Waals surface area contributed by atoms with Crippen LogP contribution in [-0.4, -0.2) is 43.2 Å². The molecule has 0 radical (unpaired) electrons. The largest absolute Gasteiger partial charge is 0.356 e. The molecule has 2 aromatic rings. The van der Waals surface area contributed by atoms with Crippen LogP contribution in [0.5, 0.6) is 0 Å². The van der Waals surface area contributed by atoms with E-state index < -0.39 is 10.0 Å². The summed E-state index contributed by atoms with van der Waals surface area (Å²) < 4.78 is 26.7. The van der Waals surface area contributed by atoms with Crippen molar-refractivity contribution >= 4 is 27.3 Å². The van der Waals surface area contributed by atoms with Gasteiger partial charge in [0.15, 0.2) is 0 Å². The number of H-pyrrole nitrogens is 1. The quantitative estimate of drug-likeness (QED) is 0.807. The third-order valence-corrected chi connectivity index (χ3v) is 7.42. The molecule has 136 valence electrons. The standard InChI is InChI=1S/C17H23N3O3S2/c1-13-6-10-24-16(13)5-7-18-17(21)15-11-14(12-19-15)25(22,23)20-8-3-2-4-9-20/h6,10-12,19H,2-5,7-9H2,1H3,(H,18,21). The zero-order valence-corrected chi connectivity index (χ0v) is 15.9. The van der Waals surface area contributed by atoms with E-state index in [0.29, 0.717) is 19.6 Å². The molecule has 0 aliphatic carbocycles. The molecular weight excluding hydrogens is 358 g/mol. The maximum absolute atomic E-state index is 12.6. The first kappa shape index (κ1) is 18.2. The van der Waals surface area contributed by atoms with Gasteiger partial charge in [-0.2, -0.15) is 4.31 Å². The second kappa shape index (κ2) is 7.72. The van der Waals surface area contributed by atoms with Crippen LogP contribution in [0.2, 0.25) is 0 Å². The van der Waals surface area contributed by atoms with Crippen LogP contribution in [0.4, 0.5) is 0 Å². The number of thiophene rings is 1. The smallest absolute Gasteiger partial charge is 0.267 e. The number of rotatable bonds is 6. The molecule has 0 bridgehead atoms. The predicted molar refractivity (Wildman–Crippen MR) is 98.5 cm³/mol. The predicted octanol–water partition coefficient (Wildman–Crippen LogP) is 2.53. The second-order valence-electron chi connectivity index (χ2n) is 6.25. The Morgan fingerprint density at radius 1 is 1.32 bits per heavy atom. The van der Waals surface area contributed by atoms with E-state index in [1.165, 1.54) is 27.0 Å². The van der Waals surface area contributed by atoms with E-state index >= 15 is 0 Å². The van der Waals surface area contributed by atoms with Crippen LogP contribution >= 0.6 is 11.3 Å². The van der Waals surface area contributed by atoms with Crippen molar-refractivity contribution in [2.75, 3.05) is 19.6 Å². The van der Waals surface area contributed by atoms with Crippen LogP contribution in [0.3, 0.4) is 0 Å². The minimum atomic E-state index is -3.51. The minimum absolute atomic E-state index is 0.161. The molecule has 0 spiro atoms. The van der Waals surface area contributed by atoms with E-state index in [1.807, 2.05) is 5.38 Å². The molecule has 1 saturated heterocycles. The number of hydrogen-bond donors (Lipinski definition) is 2. The molecule has 25 heavy (non-hydrogen) atoms. The molecular formula is C17H23N3O3S2. The van der Waals surface area contributed by atoms with Crippen molar-refractivity contribution in [3.05, 3.63) is 39.8 Å². The lowest BCUT2D eigenvalue weighted by molar-refractivity contribution is 0.0949. The molecule has 1 fully saturated rings. The van der Waals surface area contributed by atoms with Crippen LogP contribution in [-0.2, 0) is 16.4 Å². The number of piperidine rings is 1. The normalized spacial score (nSPS) is 16.0. The monoisotopic (exact) mass is 381 g/mol. The van der Waals surface area contributed by atoms with Crippen LogP contribution in [0.15, 0.2) is 28.6 Å². The Balaban J connectivity index is 1.60. The van der Waals surface area contributed by atoms with Gasteiger partial charge in [0.05, 0.1) is 0 Å². The number of carbonyl (C=O) groups excluding carboxylic acids is 1. The number of sulfonamides is 1. The molecule has 8 heteroatoms. The van der Waals surface area contributed by atoms with Crippen LogP contribution in [0.25, 0.3) is 0 Å². The number of nitrogens with zero attached hydrogens (tertiary/aromatic N) is 1. The number of aromatic nitrogens is 1. The summed E-state index contributed by atoms with van der Waals surface area (Å²) in [6, 6.07) is 3.49. The summed E-state index contributed by atoms with van der Waals surface area (Å²) in [7, 11) is -3.51. The highest BCUT2D eigenvalue weighted by molar-refractivity contribution is 7.89. The van der Waals surface area contributed by atoms with Crippen LogP contribution in [0.1, 0.15) is 40.2 Å². The van der Waals surface area contributed by atoms with E-state index in [-0.39, 0.29) is 16.5 Å². The molecule has 0 aromatic carbocycles. The maximum atomic E-state index is 12.6. The third kappa shape index (κ3) is 4.13. The number of aryl methyl sites for hydroxylation is 1. The highest BCUT2D eigenvalue weighted by Crippen LogP contribution is 2.21. The van der Waals surface area contributed by atoms with Gasteiger partial charge in [-0.15, -0.1) is 11.3 Å². The molecule has 1 amide bonds. The van der Waals surface area contributed by atoms with Gasteiger partial charge in [-0.3, -0.25) is 4.79 Å². The summed E-state index contributed by atoms with van der Waals surface area (Å²) in [6.45, 7) is 3.67. The van der Waals surface area contributed by atoms with Crippen molar-refractivity contribution < 1.29 is 13.2 Å². The molecule has 2 aromatic heterocycles. The fourth-order valence-corrected chi connectivity index (χ4v) is 5.38. The second-order valence-corrected chi connectivity index (χ2v) is 9.19. The lowest BCUT2D eigenvalue weighted by Gasteiger charge is -2.25. The first-order chi connectivity index (χ1) is 12.0. The molecule has 0 unspecified atom stereocenters. The first-order valence-corrected chi connectivity index (χ1v) is 10.8. The number of carbonyl (C=O) groups is 1. The first-order valence-electron chi connectivity index (χ1n) is 8.48. The van der Waals surface area contributed by atoms with Gasteiger partial charge in [-0.05, 0) is 49.3 Å². The Kier molecular flexibility index (Phi) is 5.61. The summed E-state index contributed by atoms with van der Waals surface area (Å²) in [5.74, 6) is -0.283. The Morgan fingerprint density at radius 2 is 2.08 bits per heavy atom. The minimum Gasteiger partial charge on any atom is -0.356 e. The van der Waals surface area contributed by atoms with E-state index in [2.05, 4.69) is 23.3 Å². The van der Waals surface area contributed by atoms with E-state index in [9.17, 15) is 13.2 Å². The summed E-state index contributed by atoms with van der Waals surface area (Å²) in [6.07, 6.45) is 5.02. The Labute approximate surface area is 152 Å². The fourth-order valence-electron chi connectivity index (χ4n) is 2.95. The van der Waals surface area contributed by atoms with Gasteiger partial charge in [0.2, 0.25) is 10.0 Å². The zero-order valence-electron chi connectivity index (χ0n) is 14.2.